The summed E-state index contributed by atoms with van der Waals surface area (Å²) in [6.45, 7) is 23.0. The number of aliphatic hydroxyl groups is 3. The number of hydrogen-bond acceptors (Lipinski definition) is 12. The van der Waals surface area contributed by atoms with Gasteiger partial charge in [0.2, 0.25) is 0 Å². The van der Waals surface area contributed by atoms with Crippen molar-refractivity contribution in [1.29, 1.82) is 0 Å². The standard InChI is InChI=1S/C17H30N2O6Si.C17H28N2O6Si/c2*1-11-13(25-26(5,6)16(2,3)4)17(9-20,10-21)24-14(11)19-8-7-12(22)18-15(19)23/h7-8,11,13-14,20-21H,9-10H2,1-6H3,(H,18,22,23);7-9,11,13-14,21H,10H2,1-6H3,(H,18,22,23). The lowest BCUT2D eigenvalue weighted by atomic mass is 9.92. The van der Waals surface area contributed by atoms with Gasteiger partial charge in [0.15, 0.2) is 28.5 Å². The molecule has 0 saturated carbocycles. The topological polar surface area (TPSA) is 224 Å². The van der Waals surface area contributed by atoms with E-state index in [1.54, 1.807) is 6.92 Å². The highest BCUT2D eigenvalue weighted by Gasteiger charge is 2.59. The van der Waals surface area contributed by atoms with E-state index >= 15 is 0 Å². The second kappa shape index (κ2) is 15.5. The second-order valence-corrected chi connectivity index (χ2v) is 26.5. The van der Waals surface area contributed by atoms with Crippen LogP contribution in [-0.2, 0) is 23.1 Å². The lowest BCUT2D eigenvalue weighted by molar-refractivity contribution is -0.150. The van der Waals surface area contributed by atoms with E-state index in [1.165, 1.54) is 33.7 Å². The smallest absolute Gasteiger partial charge is 0.330 e. The first kappa shape index (κ1) is 43.6. The maximum absolute atomic E-state index is 12.2. The number of aliphatic hydroxyl groups excluding tert-OH is 3. The SMILES string of the molecule is CC1C(n2ccc(=O)[nH]c2=O)OC(C=O)(CO)C1O[Si](C)(C)C(C)(C)C.CC1C(n2ccc(=O)[nH]c2=O)OC(CO)(CO)C1O[Si](C)(C)C(C)(C)C. The molecule has 4 rings (SSSR count). The molecule has 7 unspecified atom stereocenters. The van der Waals surface area contributed by atoms with Crippen molar-refractivity contribution >= 4 is 22.9 Å². The molecular formula is C34H58N4O12Si2. The molecule has 2 aromatic rings. The monoisotopic (exact) mass is 770 g/mol. The van der Waals surface area contributed by atoms with Crippen LogP contribution in [0.15, 0.2) is 43.7 Å². The summed E-state index contributed by atoms with van der Waals surface area (Å²) >= 11 is 0. The van der Waals surface area contributed by atoms with E-state index < -0.39 is 101 Å². The molecule has 0 amide bonds. The Hall–Kier alpha value is -2.82. The van der Waals surface area contributed by atoms with Crippen LogP contribution in [0.2, 0.25) is 36.3 Å². The van der Waals surface area contributed by atoms with Gasteiger partial charge in [-0.2, -0.15) is 0 Å². The van der Waals surface area contributed by atoms with Crippen molar-refractivity contribution < 1.29 is 38.4 Å². The molecule has 2 fully saturated rings. The Bertz CT molecular complexity index is 1790. The molecule has 2 aliphatic rings. The third kappa shape index (κ3) is 8.44. The second-order valence-electron chi connectivity index (χ2n) is 17.0. The molecule has 4 heterocycles. The Balaban J connectivity index is 0.000000280. The van der Waals surface area contributed by atoms with Crippen LogP contribution < -0.4 is 22.5 Å². The molecule has 16 nitrogen and oxygen atoms in total. The summed E-state index contributed by atoms with van der Waals surface area (Å²) < 4.78 is 27.2. The Morgan fingerprint density at radius 1 is 0.731 bits per heavy atom. The maximum atomic E-state index is 12.2. The summed E-state index contributed by atoms with van der Waals surface area (Å²) in [5.74, 6) is -0.725. The highest BCUT2D eigenvalue weighted by Crippen LogP contribution is 2.48. The molecule has 0 spiro atoms. The lowest BCUT2D eigenvalue weighted by Gasteiger charge is -2.43. The Kier molecular flexibility index (Phi) is 13.0. The molecule has 52 heavy (non-hydrogen) atoms. The number of ether oxygens (including phenoxy) is 2. The van der Waals surface area contributed by atoms with Gasteiger partial charge in [0, 0.05) is 36.4 Å². The van der Waals surface area contributed by atoms with Crippen LogP contribution in [0.3, 0.4) is 0 Å². The van der Waals surface area contributed by atoms with E-state index in [9.17, 15) is 39.3 Å². The molecule has 0 radical (unpaired) electrons. The van der Waals surface area contributed by atoms with E-state index in [-0.39, 0.29) is 16.0 Å². The van der Waals surface area contributed by atoms with Crippen molar-refractivity contribution in [3.05, 3.63) is 66.2 Å². The van der Waals surface area contributed by atoms with E-state index in [0.717, 1.165) is 0 Å². The van der Waals surface area contributed by atoms with Gasteiger partial charge < -0.3 is 33.6 Å². The zero-order valence-corrected chi connectivity index (χ0v) is 34.4. The van der Waals surface area contributed by atoms with E-state index in [4.69, 9.17) is 18.3 Å². The molecule has 0 bridgehead atoms. The molecular weight excluding hydrogens is 713 g/mol. The number of carbonyl (C=O) groups is 1. The number of H-pyrrole nitrogens is 2. The molecule has 294 valence electrons. The molecule has 2 aromatic heterocycles. The molecule has 0 aliphatic carbocycles. The molecule has 18 heteroatoms. The fourth-order valence-corrected chi connectivity index (χ4v) is 8.71. The number of nitrogens with one attached hydrogen (secondary N) is 2. The first-order valence-electron chi connectivity index (χ1n) is 17.4. The third-order valence-corrected chi connectivity index (χ3v) is 20.1. The Morgan fingerprint density at radius 3 is 1.46 bits per heavy atom. The number of rotatable bonds is 10. The molecule has 0 aromatic carbocycles. The number of aromatic nitrogens is 4. The minimum absolute atomic E-state index is 0.0731. The van der Waals surface area contributed by atoms with E-state index in [0.29, 0.717) is 6.29 Å². The van der Waals surface area contributed by atoms with Crippen LogP contribution in [0, 0.1) is 11.8 Å². The molecule has 2 aliphatic heterocycles. The molecule has 2 saturated heterocycles. The largest absolute Gasteiger partial charge is 0.410 e. The van der Waals surface area contributed by atoms with Gasteiger partial charge in [0.25, 0.3) is 11.1 Å². The average Bonchev–Trinajstić information content (AvgIpc) is 3.46. The van der Waals surface area contributed by atoms with E-state index in [1.807, 2.05) is 20.0 Å². The predicted octanol–water partition coefficient (Wildman–Crippen LogP) is 1.84. The van der Waals surface area contributed by atoms with Gasteiger partial charge in [-0.1, -0.05) is 55.4 Å². The van der Waals surface area contributed by atoms with E-state index in [2.05, 4.69) is 64.6 Å². The van der Waals surface area contributed by atoms with Gasteiger partial charge in [0.05, 0.1) is 32.0 Å². The minimum atomic E-state index is -2.28. The van der Waals surface area contributed by atoms with Gasteiger partial charge in [-0.05, 0) is 36.3 Å². The summed E-state index contributed by atoms with van der Waals surface area (Å²) in [5, 5.41) is 29.7. The van der Waals surface area contributed by atoms with Crippen LogP contribution >= 0.6 is 0 Å². The van der Waals surface area contributed by atoms with Gasteiger partial charge in [-0.15, -0.1) is 0 Å². The van der Waals surface area contributed by atoms with Crippen LogP contribution in [0.1, 0.15) is 67.8 Å². The fraction of sp³-hybridized carbons (Fsp3) is 0.735. The Labute approximate surface area is 305 Å². The first-order valence-corrected chi connectivity index (χ1v) is 23.2. The van der Waals surface area contributed by atoms with Crippen LogP contribution in [-0.4, -0.2) is 101 Å². The van der Waals surface area contributed by atoms with Gasteiger partial charge in [0.1, 0.15) is 18.1 Å². The van der Waals surface area contributed by atoms with Crippen molar-refractivity contribution in [2.75, 3.05) is 19.8 Å². The molecule has 5 N–H and O–H groups in total. The molecule has 7 atom stereocenters. The first-order chi connectivity index (χ1) is 23.8. The summed E-state index contributed by atoms with van der Waals surface area (Å²) in [4.78, 5) is 63.2. The van der Waals surface area contributed by atoms with Crippen LogP contribution in [0.25, 0.3) is 0 Å². The van der Waals surface area contributed by atoms with Crippen molar-refractivity contribution in [2.45, 2.75) is 128 Å². The van der Waals surface area contributed by atoms with Crippen molar-refractivity contribution in [2.24, 2.45) is 11.8 Å². The normalized spacial score (nSPS) is 28.0. The zero-order chi connectivity index (χ0) is 39.8. The summed E-state index contributed by atoms with van der Waals surface area (Å²) in [6.07, 6.45) is 0.315. The quantitative estimate of drug-likeness (QED) is 0.173. The van der Waals surface area contributed by atoms with Gasteiger partial charge in [-0.3, -0.25) is 33.5 Å². The van der Waals surface area contributed by atoms with Crippen molar-refractivity contribution in [1.82, 2.24) is 19.1 Å². The highest BCUT2D eigenvalue weighted by molar-refractivity contribution is 6.74. The number of nitrogens with zero attached hydrogens (tertiary/aromatic N) is 2. The Morgan fingerprint density at radius 2 is 1.12 bits per heavy atom. The predicted molar refractivity (Wildman–Crippen MR) is 198 cm³/mol. The van der Waals surface area contributed by atoms with Gasteiger partial charge >= 0.3 is 11.4 Å². The summed E-state index contributed by atoms with van der Waals surface area (Å²) in [6, 6.07) is 2.44. The summed E-state index contributed by atoms with van der Waals surface area (Å²) in [7, 11) is -4.51. The minimum Gasteiger partial charge on any atom is -0.410 e. The summed E-state index contributed by atoms with van der Waals surface area (Å²) in [5.41, 5.74) is -5.15. The van der Waals surface area contributed by atoms with Crippen molar-refractivity contribution in [3.8, 4) is 0 Å². The average molecular weight is 771 g/mol. The van der Waals surface area contributed by atoms with Crippen LogP contribution in [0.4, 0.5) is 0 Å². The third-order valence-electron chi connectivity index (χ3n) is 11.2. The number of aldehydes is 1. The highest BCUT2D eigenvalue weighted by atomic mass is 28.4. The zero-order valence-electron chi connectivity index (χ0n) is 32.4. The van der Waals surface area contributed by atoms with Crippen LogP contribution in [0.5, 0.6) is 0 Å². The number of hydrogen-bond donors (Lipinski definition) is 5. The number of carbonyl (C=O) groups excluding carboxylic acids is 1. The lowest BCUT2D eigenvalue weighted by Crippen LogP contribution is -2.55. The fourth-order valence-electron chi connectivity index (χ4n) is 5.89. The number of aromatic amines is 2. The van der Waals surface area contributed by atoms with Gasteiger partial charge in [-0.25, -0.2) is 9.59 Å². The maximum Gasteiger partial charge on any atom is 0.330 e. The van der Waals surface area contributed by atoms with Crippen molar-refractivity contribution in [3.63, 3.8) is 0 Å².